The van der Waals surface area contributed by atoms with Crippen molar-refractivity contribution in [3.8, 4) is 44.8 Å². The Morgan fingerprint density at radius 2 is 0.859 bits per heavy atom. The fourth-order valence-electron chi connectivity index (χ4n) is 10.6. The molecule has 298 valence electrons. The summed E-state index contributed by atoms with van der Waals surface area (Å²) in [5.41, 5.74) is 15.8. The molecule has 4 heteroatoms. The molecule has 0 spiro atoms. The fraction of sp³-hybridized carbons (Fsp3) is 0. The van der Waals surface area contributed by atoms with Crippen LogP contribution in [-0.4, -0.2) is 9.13 Å². The van der Waals surface area contributed by atoms with Gasteiger partial charge >= 0.3 is 0 Å². The lowest BCUT2D eigenvalue weighted by Crippen LogP contribution is -1.98. The van der Waals surface area contributed by atoms with Crippen molar-refractivity contribution in [2.75, 3.05) is 0 Å². The Hall–Kier alpha value is -8.18. The van der Waals surface area contributed by atoms with Crippen LogP contribution >= 0.6 is 11.3 Å². The van der Waals surface area contributed by atoms with Crippen LogP contribution in [0.3, 0.4) is 0 Å². The number of nitrogens with zero attached hydrogens (tertiary/aromatic N) is 2. The van der Waals surface area contributed by atoms with Gasteiger partial charge in [-0.05, 0) is 71.3 Å². The highest BCUT2D eigenvalue weighted by molar-refractivity contribution is 7.25. The zero-order valence-electron chi connectivity index (χ0n) is 34.5. The lowest BCUT2D eigenvalue weighted by molar-refractivity contribution is 0.670. The Bertz CT molecular complexity index is 4200. The van der Waals surface area contributed by atoms with E-state index in [0.717, 1.165) is 44.4 Å². The minimum absolute atomic E-state index is 0.908. The Morgan fingerprint density at radius 3 is 1.59 bits per heavy atom. The van der Waals surface area contributed by atoms with Crippen molar-refractivity contribution < 1.29 is 4.42 Å². The van der Waals surface area contributed by atoms with E-state index in [1.807, 2.05) is 23.5 Å². The lowest BCUT2D eigenvalue weighted by atomic mass is 9.98. The zero-order chi connectivity index (χ0) is 41.9. The minimum Gasteiger partial charge on any atom is -0.455 e. The number of fused-ring (bicyclic) bond motifs is 12. The van der Waals surface area contributed by atoms with Crippen molar-refractivity contribution in [2.24, 2.45) is 0 Å². The highest BCUT2D eigenvalue weighted by Crippen LogP contribution is 2.45. The molecule has 0 aliphatic rings. The second-order valence-electron chi connectivity index (χ2n) is 16.8. The van der Waals surface area contributed by atoms with Gasteiger partial charge in [0, 0.05) is 80.6 Å². The molecule has 4 aromatic heterocycles. The van der Waals surface area contributed by atoms with Gasteiger partial charge in [-0.1, -0.05) is 164 Å². The summed E-state index contributed by atoms with van der Waals surface area (Å²) in [5.74, 6) is 0. The van der Waals surface area contributed by atoms with Crippen molar-refractivity contribution in [1.82, 2.24) is 9.13 Å². The van der Waals surface area contributed by atoms with E-state index < -0.39 is 0 Å². The zero-order valence-corrected chi connectivity index (χ0v) is 35.3. The maximum Gasteiger partial charge on any atom is 0.143 e. The van der Waals surface area contributed by atoms with E-state index in [4.69, 9.17) is 4.42 Å². The minimum atomic E-state index is 0.908. The van der Waals surface area contributed by atoms with Gasteiger partial charge in [0.1, 0.15) is 11.2 Å². The molecule has 4 heterocycles. The first-order valence-corrected chi connectivity index (χ1v) is 22.7. The van der Waals surface area contributed by atoms with Gasteiger partial charge in [0.25, 0.3) is 0 Å². The summed E-state index contributed by atoms with van der Waals surface area (Å²) in [6.07, 6.45) is 0. The van der Waals surface area contributed by atoms with Crippen molar-refractivity contribution in [3.05, 3.63) is 218 Å². The summed E-state index contributed by atoms with van der Waals surface area (Å²) < 4.78 is 14.1. The average Bonchev–Trinajstić information content (AvgIpc) is 4.12. The molecule has 0 saturated carbocycles. The van der Waals surface area contributed by atoms with Crippen LogP contribution in [0.2, 0.25) is 0 Å². The molecule has 0 saturated heterocycles. The highest BCUT2D eigenvalue weighted by Gasteiger charge is 2.22. The van der Waals surface area contributed by atoms with Crippen LogP contribution in [0, 0.1) is 0 Å². The number of para-hydroxylation sites is 6. The summed E-state index contributed by atoms with van der Waals surface area (Å²) in [4.78, 5) is 0. The van der Waals surface area contributed by atoms with Crippen LogP contribution in [0.4, 0.5) is 0 Å². The van der Waals surface area contributed by atoms with Gasteiger partial charge in [0.05, 0.1) is 22.1 Å². The van der Waals surface area contributed by atoms with Gasteiger partial charge in [-0.15, -0.1) is 11.3 Å². The SMILES string of the molecule is c1cc(-c2cccc3sc4ccccc4c23)cc(-n2c3ccccc3c3cccc(-c4cccc5c6ccccc6n(-c6ccc(-c7cccc8c7oc7ccccc78)cc6)c45)c32)c1. The van der Waals surface area contributed by atoms with E-state index in [-0.39, 0.29) is 0 Å². The summed E-state index contributed by atoms with van der Waals surface area (Å²) >= 11 is 1.87. The third-order valence-corrected chi connectivity index (χ3v) is 14.5. The molecule has 0 amide bonds. The van der Waals surface area contributed by atoms with E-state index in [2.05, 4.69) is 215 Å². The largest absolute Gasteiger partial charge is 0.455 e. The average molecular weight is 833 g/mol. The van der Waals surface area contributed by atoms with Crippen molar-refractivity contribution in [2.45, 2.75) is 0 Å². The second-order valence-corrected chi connectivity index (χ2v) is 17.8. The summed E-state index contributed by atoms with van der Waals surface area (Å²) in [7, 11) is 0. The van der Waals surface area contributed by atoms with Gasteiger partial charge in [-0.3, -0.25) is 0 Å². The smallest absolute Gasteiger partial charge is 0.143 e. The van der Waals surface area contributed by atoms with E-state index in [9.17, 15) is 0 Å². The van der Waals surface area contributed by atoms with Crippen molar-refractivity contribution in [1.29, 1.82) is 0 Å². The van der Waals surface area contributed by atoms with E-state index in [1.165, 1.54) is 86.0 Å². The summed E-state index contributed by atoms with van der Waals surface area (Å²) in [6.45, 7) is 0. The van der Waals surface area contributed by atoms with Crippen LogP contribution < -0.4 is 0 Å². The Balaban J connectivity index is 0.989. The van der Waals surface area contributed by atoms with Crippen LogP contribution in [0.25, 0.3) is 130 Å². The molecule has 0 N–H and O–H groups in total. The standard InChI is InChI=1S/C60H36N2OS/c1-5-27-52-43(16-1)46-22-11-24-48(58(46)61(52)39-34-32-37(33-35-39)42-21-10-26-50-45-18-3-7-29-54(45)63-60(42)50)49-25-12-23-47-44-17-2-6-28-53(44)62(59(47)49)40-15-9-14-38(36-40)41-20-13-31-56-57(41)51-19-4-8-30-55(51)64-56/h1-36H. The van der Waals surface area contributed by atoms with Crippen LogP contribution in [0.1, 0.15) is 0 Å². The monoisotopic (exact) mass is 832 g/mol. The normalized spacial score (nSPS) is 12.1. The number of hydrogen-bond donors (Lipinski definition) is 0. The Labute approximate surface area is 371 Å². The molecule has 14 aromatic rings. The quantitative estimate of drug-likeness (QED) is 0.169. The van der Waals surface area contributed by atoms with Gasteiger partial charge in [0.2, 0.25) is 0 Å². The number of rotatable bonds is 5. The maximum absolute atomic E-state index is 6.47. The van der Waals surface area contributed by atoms with Gasteiger partial charge in [0.15, 0.2) is 0 Å². The molecular weight excluding hydrogens is 797 g/mol. The third-order valence-electron chi connectivity index (χ3n) is 13.3. The summed E-state index contributed by atoms with van der Waals surface area (Å²) in [5, 5.41) is 9.82. The molecule has 0 radical (unpaired) electrons. The van der Waals surface area contributed by atoms with Crippen molar-refractivity contribution >= 4 is 97.1 Å². The second kappa shape index (κ2) is 13.7. The maximum atomic E-state index is 6.47. The Kier molecular flexibility index (Phi) is 7.56. The lowest BCUT2D eigenvalue weighted by Gasteiger charge is -2.16. The topological polar surface area (TPSA) is 23.0 Å². The highest BCUT2D eigenvalue weighted by atomic mass is 32.1. The predicted octanol–water partition coefficient (Wildman–Crippen LogP) is 17.1. The molecule has 0 unspecified atom stereocenters. The molecule has 10 aromatic carbocycles. The molecule has 14 rings (SSSR count). The number of furan rings is 1. The molecule has 3 nitrogen and oxygen atoms in total. The fourth-order valence-corrected chi connectivity index (χ4v) is 11.7. The first kappa shape index (κ1) is 35.4. The number of thiophene rings is 1. The molecule has 0 atom stereocenters. The number of benzene rings is 10. The van der Waals surface area contributed by atoms with E-state index in [0.29, 0.717) is 0 Å². The molecular formula is C60H36N2OS. The van der Waals surface area contributed by atoms with Gasteiger partial charge in [-0.2, -0.15) is 0 Å². The van der Waals surface area contributed by atoms with E-state index >= 15 is 0 Å². The molecule has 0 fully saturated rings. The van der Waals surface area contributed by atoms with E-state index in [1.54, 1.807) is 0 Å². The first-order valence-electron chi connectivity index (χ1n) is 21.8. The number of aromatic nitrogens is 2. The van der Waals surface area contributed by atoms with Crippen LogP contribution in [-0.2, 0) is 0 Å². The molecule has 64 heavy (non-hydrogen) atoms. The van der Waals surface area contributed by atoms with Crippen LogP contribution in [0.5, 0.6) is 0 Å². The molecule has 0 aliphatic carbocycles. The number of hydrogen-bond acceptors (Lipinski definition) is 2. The van der Waals surface area contributed by atoms with Crippen LogP contribution in [0.15, 0.2) is 223 Å². The predicted molar refractivity (Wildman–Crippen MR) is 272 cm³/mol. The third kappa shape index (κ3) is 5.09. The van der Waals surface area contributed by atoms with Gasteiger partial charge in [-0.25, -0.2) is 0 Å². The first-order chi connectivity index (χ1) is 31.8. The summed E-state index contributed by atoms with van der Waals surface area (Å²) in [6, 6.07) is 79.7. The molecule has 0 aliphatic heterocycles. The molecule has 0 bridgehead atoms. The van der Waals surface area contributed by atoms with Crippen molar-refractivity contribution in [3.63, 3.8) is 0 Å². The Morgan fingerprint density at radius 1 is 0.328 bits per heavy atom. The van der Waals surface area contributed by atoms with Gasteiger partial charge < -0.3 is 13.6 Å².